The maximum atomic E-state index is 11.0. The Labute approximate surface area is 143 Å². The molecule has 0 unspecified atom stereocenters. The van der Waals surface area contributed by atoms with Crippen molar-refractivity contribution in [3.05, 3.63) is 75.7 Å². The summed E-state index contributed by atoms with van der Waals surface area (Å²) in [4.78, 5) is 14.1. The molecule has 0 aliphatic carbocycles. The average Bonchev–Trinajstić information content (AvgIpc) is 2.96. The van der Waals surface area contributed by atoms with Gasteiger partial charge in [-0.1, -0.05) is 18.2 Å². The summed E-state index contributed by atoms with van der Waals surface area (Å²) in [6.45, 7) is 1.68. The van der Waals surface area contributed by atoms with Crippen LogP contribution in [0.25, 0.3) is 5.69 Å². The van der Waals surface area contributed by atoms with Crippen molar-refractivity contribution in [1.82, 2.24) is 14.8 Å². The number of hydrogen-bond acceptors (Lipinski definition) is 6. The molecule has 0 atom stereocenters. The Bertz CT molecular complexity index is 960. The molecule has 2 heterocycles. The number of benzene rings is 1. The van der Waals surface area contributed by atoms with Gasteiger partial charge in [0.2, 0.25) is 5.75 Å². The van der Waals surface area contributed by atoms with Crippen LogP contribution in [0.2, 0.25) is 0 Å². The van der Waals surface area contributed by atoms with E-state index in [0.29, 0.717) is 17.0 Å². The van der Waals surface area contributed by atoms with Crippen molar-refractivity contribution in [2.45, 2.75) is 13.5 Å². The molecule has 124 valence electrons. The number of pyridine rings is 1. The molecule has 8 heteroatoms. The highest BCUT2D eigenvalue weighted by Gasteiger charge is 2.20. The van der Waals surface area contributed by atoms with Gasteiger partial charge in [0.15, 0.2) is 0 Å². The zero-order valence-corrected chi connectivity index (χ0v) is 13.3. The first-order chi connectivity index (χ1) is 12.1. The monoisotopic (exact) mass is 335 g/mol. The predicted molar refractivity (Wildman–Crippen MR) is 88.2 cm³/mol. The van der Waals surface area contributed by atoms with Crippen LogP contribution < -0.4 is 4.74 Å². The van der Waals surface area contributed by atoms with Crippen LogP contribution in [-0.4, -0.2) is 19.7 Å². The third kappa shape index (κ3) is 3.16. The fraction of sp³-hybridized carbons (Fsp3) is 0.118. The molecule has 0 N–H and O–H groups in total. The van der Waals surface area contributed by atoms with Gasteiger partial charge < -0.3 is 14.9 Å². The van der Waals surface area contributed by atoms with Crippen molar-refractivity contribution in [3.8, 4) is 17.5 Å². The van der Waals surface area contributed by atoms with E-state index in [2.05, 4.69) is 16.2 Å². The van der Waals surface area contributed by atoms with Gasteiger partial charge in [-0.15, -0.1) is 0 Å². The van der Waals surface area contributed by atoms with E-state index in [4.69, 9.17) is 4.74 Å². The predicted octanol–water partition coefficient (Wildman–Crippen LogP) is 2.93. The molecule has 0 spiro atoms. The van der Waals surface area contributed by atoms with Crippen molar-refractivity contribution in [3.63, 3.8) is 0 Å². The number of nitrogens with zero attached hydrogens (tertiary/aromatic N) is 5. The van der Waals surface area contributed by atoms with E-state index in [1.165, 1.54) is 12.3 Å². The minimum absolute atomic E-state index is 0.0369. The zero-order valence-electron chi connectivity index (χ0n) is 13.3. The summed E-state index contributed by atoms with van der Waals surface area (Å²) < 4.78 is 7.19. The average molecular weight is 335 g/mol. The summed E-state index contributed by atoms with van der Waals surface area (Å²) in [5.41, 5.74) is 2.23. The van der Waals surface area contributed by atoms with E-state index in [0.717, 1.165) is 5.69 Å². The Morgan fingerprint density at radius 2 is 2.04 bits per heavy atom. The van der Waals surface area contributed by atoms with Crippen LogP contribution in [0, 0.1) is 28.4 Å². The SMILES string of the molecule is Cc1nn(-c2ccccc2)c(COc2cccnc2[N+](=O)[O-])c1C#N. The lowest BCUT2D eigenvalue weighted by Gasteiger charge is -2.09. The Morgan fingerprint density at radius 1 is 1.28 bits per heavy atom. The molecule has 0 amide bonds. The second-order valence-corrected chi connectivity index (χ2v) is 5.14. The highest BCUT2D eigenvalue weighted by atomic mass is 16.6. The fourth-order valence-electron chi connectivity index (χ4n) is 2.41. The molecule has 0 aliphatic heterocycles. The van der Waals surface area contributed by atoms with Crippen LogP contribution in [0.15, 0.2) is 48.7 Å². The van der Waals surface area contributed by atoms with Crippen molar-refractivity contribution >= 4 is 5.82 Å². The van der Waals surface area contributed by atoms with Crippen molar-refractivity contribution in [1.29, 1.82) is 5.26 Å². The van der Waals surface area contributed by atoms with Gasteiger partial charge in [0.1, 0.15) is 24.4 Å². The molecule has 8 nitrogen and oxygen atoms in total. The molecular formula is C17H13N5O3. The molecular weight excluding hydrogens is 322 g/mol. The maximum absolute atomic E-state index is 11.0. The standard InChI is InChI=1S/C17H13N5O3/c1-12-14(10-18)15(21(20-12)13-6-3-2-4-7-13)11-25-16-8-5-9-19-17(16)22(23)24/h2-9H,11H2,1H3. The van der Waals surface area contributed by atoms with E-state index in [1.54, 1.807) is 17.7 Å². The molecule has 0 bridgehead atoms. The Kier molecular flexibility index (Phi) is 4.39. The number of ether oxygens (including phenoxy) is 1. The van der Waals surface area contributed by atoms with E-state index in [9.17, 15) is 15.4 Å². The molecule has 0 aliphatic rings. The lowest BCUT2D eigenvalue weighted by molar-refractivity contribution is -0.390. The highest BCUT2D eigenvalue weighted by Crippen LogP contribution is 2.25. The summed E-state index contributed by atoms with van der Waals surface area (Å²) in [5, 5.41) is 24.8. The number of aryl methyl sites for hydroxylation is 1. The first-order valence-corrected chi connectivity index (χ1v) is 7.38. The third-order valence-electron chi connectivity index (χ3n) is 3.56. The van der Waals surface area contributed by atoms with Gasteiger partial charge in [0.05, 0.1) is 17.1 Å². The molecule has 2 aromatic heterocycles. The van der Waals surface area contributed by atoms with Crippen LogP contribution in [-0.2, 0) is 6.61 Å². The largest absolute Gasteiger partial charge is 0.479 e. The van der Waals surface area contributed by atoms with Crippen molar-refractivity contribution < 1.29 is 9.66 Å². The van der Waals surface area contributed by atoms with E-state index < -0.39 is 4.92 Å². The molecule has 3 aromatic rings. The normalized spacial score (nSPS) is 10.2. The van der Waals surface area contributed by atoms with Crippen molar-refractivity contribution in [2.24, 2.45) is 0 Å². The van der Waals surface area contributed by atoms with Crippen LogP contribution >= 0.6 is 0 Å². The molecule has 1 aromatic carbocycles. The molecule has 0 saturated heterocycles. The van der Waals surface area contributed by atoms with Gasteiger partial charge in [-0.25, -0.2) is 4.68 Å². The van der Waals surface area contributed by atoms with Gasteiger partial charge in [-0.3, -0.25) is 0 Å². The maximum Gasteiger partial charge on any atom is 0.406 e. The second kappa shape index (κ2) is 6.80. The van der Waals surface area contributed by atoms with Gasteiger partial charge in [-0.05, 0) is 41.1 Å². The minimum Gasteiger partial charge on any atom is -0.479 e. The first kappa shape index (κ1) is 16.1. The summed E-state index contributed by atoms with van der Waals surface area (Å²) >= 11 is 0. The molecule has 0 radical (unpaired) electrons. The lowest BCUT2D eigenvalue weighted by atomic mass is 10.2. The smallest absolute Gasteiger partial charge is 0.406 e. The van der Waals surface area contributed by atoms with E-state index >= 15 is 0 Å². The Hall–Kier alpha value is -3.73. The Morgan fingerprint density at radius 3 is 2.72 bits per heavy atom. The summed E-state index contributed by atoms with van der Waals surface area (Å²) in [5.74, 6) is -0.335. The fourth-order valence-corrected chi connectivity index (χ4v) is 2.41. The zero-order chi connectivity index (χ0) is 17.8. The highest BCUT2D eigenvalue weighted by molar-refractivity contribution is 5.44. The molecule has 0 saturated carbocycles. The summed E-state index contributed by atoms with van der Waals surface area (Å²) in [7, 11) is 0. The van der Waals surface area contributed by atoms with Gasteiger partial charge in [0.25, 0.3) is 0 Å². The molecule has 3 rings (SSSR count). The number of aromatic nitrogens is 3. The first-order valence-electron chi connectivity index (χ1n) is 7.38. The molecule has 0 fully saturated rings. The van der Waals surface area contributed by atoms with Gasteiger partial charge in [0, 0.05) is 0 Å². The van der Waals surface area contributed by atoms with Crippen molar-refractivity contribution in [2.75, 3.05) is 0 Å². The number of rotatable bonds is 5. The lowest BCUT2D eigenvalue weighted by Crippen LogP contribution is -2.08. The van der Waals surface area contributed by atoms with Gasteiger partial charge in [-0.2, -0.15) is 10.4 Å². The minimum atomic E-state index is -0.611. The summed E-state index contributed by atoms with van der Waals surface area (Å²) in [6.07, 6.45) is 1.32. The topological polar surface area (TPSA) is 107 Å². The van der Waals surface area contributed by atoms with Crippen LogP contribution in [0.1, 0.15) is 17.0 Å². The van der Waals surface area contributed by atoms with Gasteiger partial charge >= 0.3 is 5.82 Å². The summed E-state index contributed by atoms with van der Waals surface area (Å²) in [6, 6.07) is 14.4. The number of para-hydroxylation sites is 1. The van der Waals surface area contributed by atoms with Crippen LogP contribution in [0.4, 0.5) is 5.82 Å². The number of nitro groups is 1. The van der Waals surface area contributed by atoms with E-state index in [-0.39, 0.29) is 18.2 Å². The Balaban J connectivity index is 1.98. The van der Waals surface area contributed by atoms with Crippen LogP contribution in [0.5, 0.6) is 5.75 Å². The number of nitriles is 1. The quantitative estimate of drug-likeness (QED) is 0.524. The second-order valence-electron chi connectivity index (χ2n) is 5.14. The van der Waals surface area contributed by atoms with Crippen LogP contribution in [0.3, 0.4) is 0 Å². The van der Waals surface area contributed by atoms with E-state index in [1.807, 2.05) is 30.3 Å². The molecule has 25 heavy (non-hydrogen) atoms. The number of hydrogen-bond donors (Lipinski definition) is 0. The third-order valence-corrected chi connectivity index (χ3v) is 3.56.